The van der Waals surface area contributed by atoms with Crippen molar-refractivity contribution in [1.29, 1.82) is 0 Å². The van der Waals surface area contributed by atoms with E-state index < -0.39 is 56.8 Å². The van der Waals surface area contributed by atoms with Gasteiger partial charge in [-0.15, -0.1) is 0 Å². The number of hydrogen-bond acceptors (Lipinski definition) is 9. The van der Waals surface area contributed by atoms with Crippen LogP contribution in [-0.2, 0) is 33.6 Å². The number of aromatic hydroxyl groups is 1. The molecule has 5 rings (SSSR count). The number of rotatable bonds is 8. The van der Waals surface area contributed by atoms with Gasteiger partial charge in [0.05, 0.1) is 12.7 Å². The summed E-state index contributed by atoms with van der Waals surface area (Å²) in [5.74, 6) is -5.20. The third-order valence-corrected chi connectivity index (χ3v) is 10.7. The Morgan fingerprint density at radius 2 is 1.62 bits per heavy atom. The van der Waals surface area contributed by atoms with Crippen molar-refractivity contribution >= 4 is 23.1 Å². The first-order valence-electron chi connectivity index (χ1n) is 16.1. The second kappa shape index (κ2) is 11.5. The summed E-state index contributed by atoms with van der Waals surface area (Å²) in [7, 11) is 1.55. The number of benzene rings is 2. The second-order valence-electron chi connectivity index (χ2n) is 14.7. The molecule has 0 saturated carbocycles. The molecule has 3 aliphatic rings. The number of phenolic OH excluding ortho intramolecular Hbond substituents is 1. The maximum atomic E-state index is 14.5. The van der Waals surface area contributed by atoms with Crippen molar-refractivity contribution in [3.63, 3.8) is 0 Å². The number of ketones is 4. The molecule has 0 fully saturated rings. The summed E-state index contributed by atoms with van der Waals surface area (Å²) < 4.78 is 5.19. The van der Waals surface area contributed by atoms with Gasteiger partial charge >= 0.3 is 0 Å². The summed E-state index contributed by atoms with van der Waals surface area (Å²) in [4.78, 5) is 54.3. The van der Waals surface area contributed by atoms with E-state index in [0.717, 1.165) is 18.1 Å². The van der Waals surface area contributed by atoms with Gasteiger partial charge in [0.1, 0.15) is 34.4 Å². The molecule has 47 heavy (non-hydrogen) atoms. The van der Waals surface area contributed by atoms with Crippen molar-refractivity contribution in [1.82, 2.24) is 0 Å². The molecule has 0 aliphatic heterocycles. The van der Waals surface area contributed by atoms with Gasteiger partial charge in [-0.2, -0.15) is 0 Å². The van der Waals surface area contributed by atoms with Gasteiger partial charge in [0.25, 0.3) is 0 Å². The summed E-state index contributed by atoms with van der Waals surface area (Å²) in [5, 5.41) is 47.2. The summed E-state index contributed by atoms with van der Waals surface area (Å²) in [5.41, 5.74) is -3.78. The Hall–Kier alpha value is -4.24. The number of phenols is 1. The van der Waals surface area contributed by atoms with Gasteiger partial charge < -0.3 is 25.2 Å². The largest absolute Gasteiger partial charge is 0.511 e. The van der Waals surface area contributed by atoms with Crippen LogP contribution in [-0.4, -0.2) is 56.3 Å². The first-order valence-corrected chi connectivity index (χ1v) is 16.1. The molecule has 0 aromatic heterocycles. The molecule has 9 heteroatoms. The topological polar surface area (TPSA) is 158 Å². The van der Waals surface area contributed by atoms with E-state index in [1.54, 1.807) is 65.1 Å². The quantitative estimate of drug-likeness (QED) is 0.259. The standard InChI is InChI=1S/C38H44O9/c1-18(2)25-15-22(14-23(40)13-21-9-11-24(47-8)12-10-21)31(41)28-26(25)16-36(6)17-37(7)29(19(3)4)32(42)27(20(5)39)34(44)38(37,46)35(45)30(36)33(28)43/h9-12,15,18-19,29,41-42,45-46H,13-14,16-17H2,1-8H3/t29?,36-,37-,38+/m1/s1. The second-order valence-corrected chi connectivity index (χ2v) is 14.7. The molecule has 0 heterocycles. The van der Waals surface area contributed by atoms with Crippen molar-refractivity contribution in [3.05, 3.63) is 80.8 Å². The highest BCUT2D eigenvalue weighted by Crippen LogP contribution is 2.65. The van der Waals surface area contributed by atoms with Gasteiger partial charge in [-0.1, -0.05) is 59.7 Å². The smallest absolute Gasteiger partial charge is 0.209 e. The Bertz CT molecular complexity index is 1780. The van der Waals surface area contributed by atoms with Gasteiger partial charge in [-0.25, -0.2) is 0 Å². The summed E-state index contributed by atoms with van der Waals surface area (Å²) in [6.07, 6.45) is 0.150. The number of Topliss-reactive ketones (excluding diaryl/α,β-unsaturated/α-hetero) is 4. The first kappa shape index (κ1) is 34.1. The normalized spacial score (nSPS) is 27.2. The van der Waals surface area contributed by atoms with Crippen LogP contribution >= 0.6 is 0 Å². The zero-order valence-electron chi connectivity index (χ0n) is 28.3. The summed E-state index contributed by atoms with van der Waals surface area (Å²) >= 11 is 0. The number of aliphatic hydroxyl groups is 3. The lowest BCUT2D eigenvalue weighted by molar-refractivity contribution is -0.171. The van der Waals surface area contributed by atoms with E-state index in [2.05, 4.69) is 0 Å². The molecule has 0 radical (unpaired) electrons. The number of allylic oxidation sites excluding steroid dienone is 2. The molecule has 2 aromatic rings. The van der Waals surface area contributed by atoms with E-state index in [4.69, 9.17) is 4.74 Å². The van der Waals surface area contributed by atoms with Crippen LogP contribution in [0.3, 0.4) is 0 Å². The van der Waals surface area contributed by atoms with Crippen LogP contribution in [0.5, 0.6) is 11.5 Å². The third kappa shape index (κ3) is 4.93. The minimum atomic E-state index is -2.68. The van der Waals surface area contributed by atoms with E-state index in [0.29, 0.717) is 11.3 Å². The Labute approximate surface area is 275 Å². The van der Waals surface area contributed by atoms with Crippen LogP contribution in [0.25, 0.3) is 0 Å². The van der Waals surface area contributed by atoms with E-state index in [-0.39, 0.29) is 65.8 Å². The molecular weight excluding hydrogens is 600 g/mol. The lowest BCUT2D eigenvalue weighted by atomic mass is 9.44. The van der Waals surface area contributed by atoms with E-state index in [9.17, 15) is 39.6 Å². The Morgan fingerprint density at radius 3 is 2.15 bits per heavy atom. The van der Waals surface area contributed by atoms with Crippen LogP contribution in [0.15, 0.2) is 53.0 Å². The van der Waals surface area contributed by atoms with E-state index in [1.807, 2.05) is 13.8 Å². The van der Waals surface area contributed by atoms with Crippen molar-refractivity contribution in [3.8, 4) is 11.5 Å². The van der Waals surface area contributed by atoms with Gasteiger partial charge in [0.15, 0.2) is 17.2 Å². The predicted octanol–water partition coefficient (Wildman–Crippen LogP) is 5.83. The molecule has 4 N–H and O–H groups in total. The third-order valence-electron chi connectivity index (χ3n) is 10.7. The molecule has 250 valence electrons. The van der Waals surface area contributed by atoms with Gasteiger partial charge in [0.2, 0.25) is 5.78 Å². The van der Waals surface area contributed by atoms with Crippen LogP contribution in [0, 0.1) is 22.7 Å². The molecule has 3 aliphatic carbocycles. The van der Waals surface area contributed by atoms with Gasteiger partial charge in [0, 0.05) is 40.7 Å². The van der Waals surface area contributed by atoms with Gasteiger partial charge in [-0.05, 0) is 60.4 Å². The highest BCUT2D eigenvalue weighted by Gasteiger charge is 2.71. The fourth-order valence-electron chi connectivity index (χ4n) is 8.78. The fraction of sp³-hybridized carbons (Fsp3) is 0.474. The maximum Gasteiger partial charge on any atom is 0.209 e. The van der Waals surface area contributed by atoms with Crippen molar-refractivity contribution in [2.45, 2.75) is 85.7 Å². The average Bonchev–Trinajstić information content (AvgIpc) is 2.96. The van der Waals surface area contributed by atoms with Crippen molar-refractivity contribution in [2.75, 3.05) is 7.11 Å². The highest BCUT2D eigenvalue weighted by atomic mass is 16.5. The molecule has 1 unspecified atom stereocenters. The van der Waals surface area contributed by atoms with E-state index in [1.165, 1.54) is 0 Å². The van der Waals surface area contributed by atoms with Crippen LogP contribution in [0.1, 0.15) is 93.4 Å². The minimum absolute atomic E-state index is 0.0191. The van der Waals surface area contributed by atoms with E-state index >= 15 is 0 Å². The number of carbonyl (C=O) groups is 4. The average molecular weight is 645 g/mol. The zero-order valence-corrected chi connectivity index (χ0v) is 28.3. The summed E-state index contributed by atoms with van der Waals surface area (Å²) in [6, 6.07) is 8.85. The first-order chi connectivity index (χ1) is 21.8. The molecule has 0 bridgehead atoms. The highest BCUT2D eigenvalue weighted by molar-refractivity contribution is 6.25. The molecule has 0 amide bonds. The van der Waals surface area contributed by atoms with Crippen LogP contribution in [0.4, 0.5) is 0 Å². The molecular formula is C38H44O9. The predicted molar refractivity (Wildman–Crippen MR) is 175 cm³/mol. The Morgan fingerprint density at radius 1 is 1.00 bits per heavy atom. The monoisotopic (exact) mass is 644 g/mol. The lowest BCUT2D eigenvalue weighted by Crippen LogP contribution is -2.67. The van der Waals surface area contributed by atoms with Crippen LogP contribution in [0.2, 0.25) is 0 Å². The van der Waals surface area contributed by atoms with Crippen molar-refractivity contribution in [2.24, 2.45) is 22.7 Å². The van der Waals surface area contributed by atoms with Crippen molar-refractivity contribution < 1.29 is 44.3 Å². The number of aliphatic hydroxyl groups excluding tert-OH is 2. The molecule has 4 atom stereocenters. The molecule has 0 spiro atoms. The van der Waals surface area contributed by atoms with Gasteiger partial charge in [-0.3, -0.25) is 19.2 Å². The Balaban J connectivity index is 1.66. The number of ether oxygens (including phenoxy) is 1. The summed E-state index contributed by atoms with van der Waals surface area (Å²) in [6.45, 7) is 12.0. The molecule has 0 saturated heterocycles. The Kier molecular flexibility index (Phi) is 8.33. The zero-order chi connectivity index (χ0) is 35.0. The number of fused-ring (bicyclic) bond motifs is 3. The number of hydrogen-bond donors (Lipinski definition) is 4. The maximum absolute atomic E-state index is 14.5. The molecule has 9 nitrogen and oxygen atoms in total. The fourth-order valence-corrected chi connectivity index (χ4v) is 8.78. The van der Waals surface area contributed by atoms with Crippen LogP contribution < -0.4 is 4.74 Å². The minimum Gasteiger partial charge on any atom is -0.511 e. The number of carbonyl (C=O) groups excluding carboxylic acids is 4. The number of methoxy groups -OCH3 is 1. The molecule has 2 aromatic carbocycles. The lowest BCUT2D eigenvalue weighted by Gasteiger charge is -2.59. The SMILES string of the molecule is COc1ccc(CC(=O)Cc2cc(C(C)C)c3c(c2O)C(=O)C2=C(O)[C@@]4(O)C(=O)C(C(C)=O)=C(O)C(C(C)C)[C@@]4(C)C[C@@]2(C)C3)cc1.